The van der Waals surface area contributed by atoms with E-state index in [1.807, 2.05) is 19.1 Å². The van der Waals surface area contributed by atoms with E-state index in [0.29, 0.717) is 24.6 Å². The van der Waals surface area contributed by atoms with Crippen LogP contribution in [0.5, 0.6) is 0 Å². The molecule has 3 heterocycles. The Labute approximate surface area is 146 Å². The maximum atomic E-state index is 12.5. The molecule has 0 aromatic carbocycles. The summed E-state index contributed by atoms with van der Waals surface area (Å²) in [5.41, 5.74) is 1.54. The van der Waals surface area contributed by atoms with E-state index in [1.54, 1.807) is 35.5 Å². The summed E-state index contributed by atoms with van der Waals surface area (Å²) in [5, 5.41) is 5.68. The highest BCUT2D eigenvalue weighted by atomic mass is 16.2. The molecular formula is C18H21N5O2. The molecular weight excluding hydrogens is 318 g/mol. The van der Waals surface area contributed by atoms with Crippen LogP contribution in [-0.2, 0) is 4.79 Å². The van der Waals surface area contributed by atoms with E-state index >= 15 is 0 Å². The van der Waals surface area contributed by atoms with Gasteiger partial charge < -0.3 is 15.5 Å². The van der Waals surface area contributed by atoms with Crippen molar-refractivity contribution >= 4 is 23.4 Å². The Kier molecular flexibility index (Phi) is 5.23. The average molecular weight is 339 g/mol. The van der Waals surface area contributed by atoms with Crippen molar-refractivity contribution in [2.75, 3.05) is 23.7 Å². The van der Waals surface area contributed by atoms with Crippen LogP contribution in [-0.4, -0.2) is 39.9 Å². The first-order valence-electron chi connectivity index (χ1n) is 8.32. The van der Waals surface area contributed by atoms with Gasteiger partial charge in [-0.15, -0.1) is 0 Å². The summed E-state index contributed by atoms with van der Waals surface area (Å²) in [6, 6.07) is 8.76. The zero-order valence-corrected chi connectivity index (χ0v) is 14.1. The van der Waals surface area contributed by atoms with Gasteiger partial charge in [-0.1, -0.05) is 6.07 Å². The highest BCUT2D eigenvalue weighted by Gasteiger charge is 2.28. The van der Waals surface area contributed by atoms with Gasteiger partial charge in [0.25, 0.3) is 0 Å². The molecule has 1 aliphatic rings. The van der Waals surface area contributed by atoms with E-state index in [4.69, 9.17) is 0 Å². The van der Waals surface area contributed by atoms with Gasteiger partial charge in [-0.05, 0) is 44.0 Å². The number of aryl methyl sites for hydroxylation is 1. The Morgan fingerprint density at radius 2 is 1.96 bits per heavy atom. The maximum Gasteiger partial charge on any atom is 0.321 e. The number of nitrogens with zero attached hydrogens (tertiary/aromatic N) is 3. The van der Waals surface area contributed by atoms with Crippen LogP contribution in [0, 0.1) is 12.8 Å². The molecule has 2 N–H and O–H groups in total. The quantitative estimate of drug-likeness (QED) is 0.900. The van der Waals surface area contributed by atoms with E-state index in [1.165, 1.54) is 0 Å². The molecule has 1 saturated heterocycles. The van der Waals surface area contributed by atoms with Crippen molar-refractivity contribution in [1.82, 2.24) is 14.9 Å². The van der Waals surface area contributed by atoms with Gasteiger partial charge in [-0.2, -0.15) is 0 Å². The Bertz CT molecular complexity index is 750. The van der Waals surface area contributed by atoms with Crippen LogP contribution in [0.1, 0.15) is 18.5 Å². The van der Waals surface area contributed by atoms with Gasteiger partial charge in [0.2, 0.25) is 5.91 Å². The Hall–Kier alpha value is -2.96. The van der Waals surface area contributed by atoms with Crippen LogP contribution >= 0.6 is 0 Å². The summed E-state index contributed by atoms with van der Waals surface area (Å²) < 4.78 is 0. The van der Waals surface area contributed by atoms with Crippen LogP contribution in [0.25, 0.3) is 0 Å². The fourth-order valence-corrected chi connectivity index (χ4v) is 2.85. The number of amides is 3. The molecule has 0 bridgehead atoms. The number of carbonyl (C=O) groups excluding carboxylic acids is 2. The highest BCUT2D eigenvalue weighted by molar-refractivity contribution is 5.93. The summed E-state index contributed by atoms with van der Waals surface area (Å²) in [7, 11) is 0. The van der Waals surface area contributed by atoms with Crippen LogP contribution in [0.3, 0.4) is 0 Å². The second-order valence-corrected chi connectivity index (χ2v) is 6.10. The third-order valence-electron chi connectivity index (χ3n) is 4.15. The molecule has 3 rings (SSSR count). The lowest BCUT2D eigenvalue weighted by Gasteiger charge is -2.32. The van der Waals surface area contributed by atoms with E-state index < -0.39 is 0 Å². The minimum absolute atomic E-state index is 0.0977. The second-order valence-electron chi connectivity index (χ2n) is 6.10. The van der Waals surface area contributed by atoms with Crippen molar-refractivity contribution < 1.29 is 9.59 Å². The summed E-state index contributed by atoms with van der Waals surface area (Å²) in [4.78, 5) is 34.8. The number of carbonyl (C=O) groups is 2. The largest absolute Gasteiger partial charge is 0.324 e. The zero-order valence-electron chi connectivity index (χ0n) is 14.1. The summed E-state index contributed by atoms with van der Waals surface area (Å²) in [6.45, 7) is 2.92. The SMILES string of the molecule is Cc1cccc(NC(=O)C2CCCN(C(=O)Nc3ccncc3)C2)n1. The summed E-state index contributed by atoms with van der Waals surface area (Å²) in [6.07, 6.45) is 4.80. The van der Waals surface area contributed by atoms with Gasteiger partial charge in [0.05, 0.1) is 5.92 Å². The smallest absolute Gasteiger partial charge is 0.321 e. The van der Waals surface area contributed by atoms with Gasteiger partial charge in [-0.25, -0.2) is 9.78 Å². The molecule has 3 amide bonds. The number of hydrogen-bond donors (Lipinski definition) is 2. The minimum atomic E-state index is -0.237. The molecule has 0 saturated carbocycles. The third kappa shape index (κ3) is 4.53. The summed E-state index contributed by atoms with van der Waals surface area (Å²) >= 11 is 0. The lowest BCUT2D eigenvalue weighted by atomic mass is 9.97. The number of anilines is 2. The van der Waals surface area contributed by atoms with Gasteiger partial charge >= 0.3 is 6.03 Å². The number of urea groups is 1. The van der Waals surface area contributed by atoms with Crippen LogP contribution in [0.2, 0.25) is 0 Å². The fourth-order valence-electron chi connectivity index (χ4n) is 2.85. The standard InChI is InChI=1S/C18H21N5O2/c1-13-4-2-6-16(20-13)22-17(24)14-5-3-11-23(12-14)18(25)21-15-7-9-19-10-8-15/h2,4,6-10,14H,3,5,11-12H2,1H3,(H,19,21,25)(H,20,22,24). The van der Waals surface area contributed by atoms with E-state index in [9.17, 15) is 9.59 Å². The molecule has 1 fully saturated rings. The molecule has 130 valence electrons. The van der Waals surface area contributed by atoms with Crippen molar-refractivity contribution in [3.8, 4) is 0 Å². The van der Waals surface area contributed by atoms with Crippen molar-refractivity contribution in [3.63, 3.8) is 0 Å². The number of aromatic nitrogens is 2. The number of pyridine rings is 2. The number of piperidine rings is 1. The lowest BCUT2D eigenvalue weighted by molar-refractivity contribution is -0.121. The topological polar surface area (TPSA) is 87.2 Å². The predicted molar refractivity (Wildman–Crippen MR) is 95.2 cm³/mol. The number of likely N-dealkylation sites (tertiary alicyclic amines) is 1. The Morgan fingerprint density at radius 1 is 1.16 bits per heavy atom. The van der Waals surface area contributed by atoms with Crippen molar-refractivity contribution in [3.05, 3.63) is 48.4 Å². The van der Waals surface area contributed by atoms with Crippen molar-refractivity contribution in [2.45, 2.75) is 19.8 Å². The maximum absolute atomic E-state index is 12.5. The normalized spacial score (nSPS) is 17.0. The van der Waals surface area contributed by atoms with Crippen molar-refractivity contribution in [1.29, 1.82) is 0 Å². The predicted octanol–water partition coefficient (Wildman–Crippen LogP) is 2.67. The van der Waals surface area contributed by atoms with Gasteiger partial charge in [0.1, 0.15) is 5.82 Å². The molecule has 7 nitrogen and oxygen atoms in total. The average Bonchev–Trinajstić information content (AvgIpc) is 2.62. The van der Waals surface area contributed by atoms with Crippen molar-refractivity contribution in [2.24, 2.45) is 5.92 Å². The van der Waals surface area contributed by atoms with Crippen LogP contribution in [0.4, 0.5) is 16.3 Å². The Morgan fingerprint density at radius 3 is 2.72 bits per heavy atom. The van der Waals surface area contributed by atoms with Gasteiger partial charge in [0.15, 0.2) is 0 Å². The monoisotopic (exact) mass is 339 g/mol. The first-order valence-corrected chi connectivity index (χ1v) is 8.32. The first kappa shape index (κ1) is 16.9. The van der Waals surface area contributed by atoms with E-state index in [0.717, 1.165) is 18.5 Å². The molecule has 7 heteroatoms. The molecule has 1 aliphatic heterocycles. The molecule has 2 aromatic rings. The molecule has 0 radical (unpaired) electrons. The molecule has 1 unspecified atom stereocenters. The molecule has 1 atom stereocenters. The van der Waals surface area contributed by atoms with Crippen LogP contribution in [0.15, 0.2) is 42.7 Å². The lowest BCUT2D eigenvalue weighted by Crippen LogP contribution is -2.45. The molecule has 2 aromatic heterocycles. The minimum Gasteiger partial charge on any atom is -0.324 e. The Balaban J connectivity index is 1.58. The zero-order chi connectivity index (χ0) is 17.6. The summed E-state index contributed by atoms with van der Waals surface area (Å²) in [5.74, 6) is 0.210. The fraction of sp³-hybridized carbons (Fsp3) is 0.333. The number of rotatable bonds is 3. The third-order valence-corrected chi connectivity index (χ3v) is 4.15. The second kappa shape index (κ2) is 7.74. The highest BCUT2D eigenvalue weighted by Crippen LogP contribution is 2.19. The van der Waals surface area contributed by atoms with Gasteiger partial charge in [-0.3, -0.25) is 9.78 Å². The first-order chi connectivity index (χ1) is 12.1. The van der Waals surface area contributed by atoms with E-state index in [-0.39, 0.29) is 17.9 Å². The number of nitrogens with one attached hydrogen (secondary N) is 2. The van der Waals surface area contributed by atoms with Gasteiger partial charge in [0, 0.05) is 36.9 Å². The molecule has 0 aliphatic carbocycles. The molecule has 0 spiro atoms. The number of hydrogen-bond acceptors (Lipinski definition) is 4. The van der Waals surface area contributed by atoms with E-state index in [2.05, 4.69) is 20.6 Å². The molecule has 25 heavy (non-hydrogen) atoms. The van der Waals surface area contributed by atoms with Crippen LogP contribution < -0.4 is 10.6 Å².